The number of nitrogens with one attached hydrogen (secondary N) is 2. The standard InChI is InChI=1S/C6H8Cl2N2O2/c1-6(2-3(7)8)4(11)9-5(12)10-6/h3H,2H2,1H3,(H2,9,10,11,12). The number of rotatable bonds is 2. The fraction of sp³-hybridized carbons (Fsp3) is 0.667. The lowest BCUT2D eigenvalue weighted by molar-refractivity contribution is -0.123. The van der Waals surface area contributed by atoms with Crippen molar-refractivity contribution in [1.29, 1.82) is 0 Å². The number of halogens is 2. The fourth-order valence-electron chi connectivity index (χ4n) is 1.03. The van der Waals surface area contributed by atoms with Crippen LogP contribution >= 0.6 is 23.2 Å². The second-order valence-corrected chi connectivity index (χ2v) is 4.11. The van der Waals surface area contributed by atoms with Gasteiger partial charge in [0.1, 0.15) is 10.4 Å². The Kier molecular flexibility index (Phi) is 2.49. The van der Waals surface area contributed by atoms with Crippen molar-refractivity contribution in [3.8, 4) is 0 Å². The third-order valence-corrected chi connectivity index (χ3v) is 1.99. The molecule has 0 aromatic carbocycles. The Hall–Kier alpha value is -0.480. The summed E-state index contributed by atoms with van der Waals surface area (Å²) in [5.41, 5.74) is -0.967. The van der Waals surface area contributed by atoms with E-state index in [4.69, 9.17) is 23.2 Å². The van der Waals surface area contributed by atoms with E-state index in [0.29, 0.717) is 0 Å². The first-order chi connectivity index (χ1) is 5.44. The van der Waals surface area contributed by atoms with Gasteiger partial charge in [-0.05, 0) is 6.92 Å². The van der Waals surface area contributed by atoms with E-state index >= 15 is 0 Å². The number of urea groups is 1. The Labute approximate surface area is 79.6 Å². The molecule has 3 amide bonds. The van der Waals surface area contributed by atoms with Gasteiger partial charge in [0.05, 0.1) is 0 Å². The van der Waals surface area contributed by atoms with Gasteiger partial charge in [-0.3, -0.25) is 10.1 Å². The number of imide groups is 1. The van der Waals surface area contributed by atoms with Crippen molar-refractivity contribution in [2.75, 3.05) is 0 Å². The lowest BCUT2D eigenvalue weighted by atomic mass is 10.00. The number of hydrogen-bond acceptors (Lipinski definition) is 2. The second kappa shape index (κ2) is 3.11. The maximum atomic E-state index is 11.1. The molecular formula is C6H8Cl2N2O2. The zero-order chi connectivity index (χ0) is 9.35. The normalized spacial score (nSPS) is 29.0. The van der Waals surface area contributed by atoms with Gasteiger partial charge in [-0.25, -0.2) is 4.79 Å². The number of amides is 3. The van der Waals surface area contributed by atoms with Crippen LogP contribution in [0.3, 0.4) is 0 Å². The Morgan fingerprint density at radius 1 is 1.50 bits per heavy atom. The molecule has 1 atom stereocenters. The minimum Gasteiger partial charge on any atom is -0.323 e. The molecule has 1 heterocycles. The van der Waals surface area contributed by atoms with Crippen LogP contribution < -0.4 is 10.6 Å². The Bertz CT molecular complexity index is 232. The van der Waals surface area contributed by atoms with Gasteiger partial charge in [0, 0.05) is 6.42 Å². The molecule has 1 rings (SSSR count). The van der Waals surface area contributed by atoms with Gasteiger partial charge in [-0.15, -0.1) is 23.2 Å². The van der Waals surface area contributed by atoms with Gasteiger partial charge >= 0.3 is 6.03 Å². The predicted molar refractivity (Wildman–Crippen MR) is 45.2 cm³/mol. The van der Waals surface area contributed by atoms with Gasteiger partial charge in [0.15, 0.2) is 0 Å². The Morgan fingerprint density at radius 3 is 2.42 bits per heavy atom. The van der Waals surface area contributed by atoms with E-state index in [1.165, 1.54) is 0 Å². The zero-order valence-electron chi connectivity index (χ0n) is 6.36. The molecule has 12 heavy (non-hydrogen) atoms. The van der Waals surface area contributed by atoms with E-state index in [0.717, 1.165) is 0 Å². The minimum absolute atomic E-state index is 0.202. The fourth-order valence-corrected chi connectivity index (χ4v) is 1.65. The van der Waals surface area contributed by atoms with E-state index in [1.54, 1.807) is 6.92 Å². The molecule has 0 aromatic heterocycles. The quantitative estimate of drug-likeness (QED) is 0.523. The molecule has 1 saturated heterocycles. The highest BCUT2D eigenvalue weighted by Crippen LogP contribution is 2.21. The van der Waals surface area contributed by atoms with E-state index in [9.17, 15) is 9.59 Å². The van der Waals surface area contributed by atoms with Crippen molar-refractivity contribution in [2.45, 2.75) is 23.7 Å². The molecule has 4 nitrogen and oxygen atoms in total. The van der Waals surface area contributed by atoms with Crippen molar-refractivity contribution in [1.82, 2.24) is 10.6 Å². The highest BCUT2D eigenvalue weighted by atomic mass is 35.5. The summed E-state index contributed by atoms with van der Waals surface area (Å²) < 4.78 is 0. The molecule has 1 unspecified atom stereocenters. The first kappa shape index (κ1) is 9.61. The first-order valence-corrected chi connectivity index (χ1v) is 4.23. The maximum Gasteiger partial charge on any atom is 0.322 e. The molecule has 0 spiro atoms. The summed E-state index contributed by atoms with van der Waals surface area (Å²) in [4.78, 5) is 21.2. The zero-order valence-corrected chi connectivity index (χ0v) is 7.87. The summed E-state index contributed by atoms with van der Waals surface area (Å²) in [6.45, 7) is 1.57. The predicted octanol–water partition coefficient (Wildman–Crippen LogP) is 0.778. The van der Waals surface area contributed by atoms with Crippen LogP contribution in [0, 0.1) is 0 Å². The lowest BCUT2D eigenvalue weighted by Crippen LogP contribution is -2.44. The van der Waals surface area contributed by atoms with E-state index in [2.05, 4.69) is 10.6 Å². The van der Waals surface area contributed by atoms with Crippen LogP contribution in [0.1, 0.15) is 13.3 Å². The molecule has 2 N–H and O–H groups in total. The summed E-state index contributed by atoms with van der Waals surface area (Å²) in [6.07, 6.45) is 0.202. The monoisotopic (exact) mass is 210 g/mol. The molecule has 0 bridgehead atoms. The van der Waals surface area contributed by atoms with E-state index in [1.807, 2.05) is 0 Å². The van der Waals surface area contributed by atoms with Crippen molar-refractivity contribution in [2.24, 2.45) is 0 Å². The maximum absolute atomic E-state index is 11.1. The molecule has 1 aliphatic heterocycles. The van der Waals surface area contributed by atoms with E-state index in [-0.39, 0.29) is 12.3 Å². The molecule has 68 valence electrons. The largest absolute Gasteiger partial charge is 0.323 e. The summed E-state index contributed by atoms with van der Waals surface area (Å²) >= 11 is 11.0. The van der Waals surface area contributed by atoms with Crippen LogP contribution in [-0.2, 0) is 4.79 Å². The SMILES string of the molecule is CC1(CC(Cl)Cl)NC(=O)NC1=O. The molecule has 0 aliphatic carbocycles. The van der Waals surface area contributed by atoms with Crippen molar-refractivity contribution < 1.29 is 9.59 Å². The van der Waals surface area contributed by atoms with Gasteiger partial charge in [-0.1, -0.05) is 0 Å². The van der Waals surface area contributed by atoms with Crippen molar-refractivity contribution in [3.05, 3.63) is 0 Å². The van der Waals surface area contributed by atoms with Crippen molar-refractivity contribution >= 4 is 35.1 Å². The van der Waals surface area contributed by atoms with Crippen LogP contribution in [0.25, 0.3) is 0 Å². The molecule has 0 radical (unpaired) electrons. The molecular weight excluding hydrogens is 203 g/mol. The number of alkyl halides is 2. The summed E-state index contributed by atoms with van der Waals surface area (Å²) in [5, 5.41) is 4.55. The number of carbonyl (C=O) groups is 2. The molecule has 6 heteroatoms. The average molecular weight is 211 g/mol. The molecule has 0 saturated carbocycles. The highest BCUT2D eigenvalue weighted by molar-refractivity contribution is 6.44. The molecule has 1 aliphatic rings. The van der Waals surface area contributed by atoms with Crippen LogP contribution in [0.2, 0.25) is 0 Å². The van der Waals surface area contributed by atoms with Crippen LogP contribution in [0.4, 0.5) is 4.79 Å². The highest BCUT2D eigenvalue weighted by Gasteiger charge is 2.42. The van der Waals surface area contributed by atoms with Crippen molar-refractivity contribution in [3.63, 3.8) is 0 Å². The Balaban J connectivity index is 2.71. The van der Waals surface area contributed by atoms with Gasteiger partial charge in [0.2, 0.25) is 0 Å². The first-order valence-electron chi connectivity index (χ1n) is 3.36. The van der Waals surface area contributed by atoms with Crippen LogP contribution in [-0.4, -0.2) is 22.3 Å². The van der Waals surface area contributed by atoms with Crippen LogP contribution in [0.5, 0.6) is 0 Å². The van der Waals surface area contributed by atoms with Gasteiger partial charge in [0.25, 0.3) is 5.91 Å². The molecule has 0 aromatic rings. The summed E-state index contributed by atoms with van der Waals surface area (Å²) in [5.74, 6) is -0.390. The van der Waals surface area contributed by atoms with E-state index < -0.39 is 16.4 Å². The summed E-state index contributed by atoms with van der Waals surface area (Å²) in [7, 11) is 0. The topological polar surface area (TPSA) is 58.2 Å². The smallest absolute Gasteiger partial charge is 0.322 e. The molecule has 1 fully saturated rings. The lowest BCUT2D eigenvalue weighted by Gasteiger charge is -2.20. The van der Waals surface area contributed by atoms with Gasteiger partial charge in [-0.2, -0.15) is 0 Å². The van der Waals surface area contributed by atoms with Gasteiger partial charge < -0.3 is 5.32 Å². The average Bonchev–Trinajstić information content (AvgIpc) is 2.04. The minimum atomic E-state index is -0.967. The third-order valence-electron chi connectivity index (χ3n) is 1.68. The second-order valence-electron chi connectivity index (χ2n) is 2.84. The Morgan fingerprint density at radius 2 is 2.08 bits per heavy atom. The number of hydrogen-bond donors (Lipinski definition) is 2. The summed E-state index contributed by atoms with van der Waals surface area (Å²) in [6, 6.07) is -0.503. The third kappa shape index (κ3) is 1.81. The number of carbonyl (C=O) groups excluding carboxylic acids is 2. The van der Waals surface area contributed by atoms with Crippen LogP contribution in [0.15, 0.2) is 0 Å².